The number of rotatable bonds is 9. The van der Waals surface area contributed by atoms with Gasteiger partial charge in [-0.25, -0.2) is 9.37 Å². The first-order valence-electron chi connectivity index (χ1n) is 22.1. The molecule has 0 aliphatic carbocycles. The first kappa shape index (κ1) is 42.8. The van der Waals surface area contributed by atoms with Gasteiger partial charge in [0.2, 0.25) is 0 Å². The van der Waals surface area contributed by atoms with Crippen LogP contribution in [0.4, 0.5) is 27.1 Å². The minimum absolute atomic E-state index is 0. The number of hydrogen-bond acceptors (Lipinski definition) is 5. The van der Waals surface area contributed by atoms with E-state index >= 15 is 0 Å². The smallest absolute Gasteiger partial charge is 0.135 e. The third-order valence-corrected chi connectivity index (χ3v) is 12.4. The van der Waals surface area contributed by atoms with Crippen molar-refractivity contribution in [3.63, 3.8) is 0 Å². The molecule has 66 heavy (non-hydrogen) atoms. The number of aryl methyl sites for hydroxylation is 1. The summed E-state index contributed by atoms with van der Waals surface area (Å²) in [6, 6.07) is 58.4. The second-order valence-corrected chi connectivity index (χ2v) is 17.4. The molecule has 4 heterocycles. The summed E-state index contributed by atoms with van der Waals surface area (Å²) in [6.07, 6.45) is 3.64. The molecule has 10 aromatic rings. The molecule has 3 aromatic heterocycles. The molecule has 0 amide bonds. The maximum Gasteiger partial charge on any atom is 0.135 e. The van der Waals surface area contributed by atoms with Crippen molar-refractivity contribution in [1.29, 1.82) is 0 Å². The molecule has 0 spiro atoms. The second kappa shape index (κ2) is 17.4. The molecule has 0 atom stereocenters. The van der Waals surface area contributed by atoms with Gasteiger partial charge in [-0.2, -0.15) is 6.07 Å². The fourth-order valence-electron chi connectivity index (χ4n) is 9.20. The maximum absolute atomic E-state index is 14.1. The molecule has 0 radical (unpaired) electrons. The van der Waals surface area contributed by atoms with Gasteiger partial charge in [0.25, 0.3) is 0 Å². The molecule has 0 N–H and O–H groups in total. The molecule has 6 nitrogen and oxygen atoms in total. The number of para-hydroxylation sites is 1. The zero-order valence-corrected chi connectivity index (χ0v) is 39.4. The number of pyridine rings is 2. The summed E-state index contributed by atoms with van der Waals surface area (Å²) in [5.41, 5.74) is 14.6. The Bertz CT molecular complexity index is 3410. The molecular weight excluding hydrogens is 997 g/mol. The van der Waals surface area contributed by atoms with Crippen molar-refractivity contribution in [3.05, 3.63) is 205 Å². The second-order valence-electron chi connectivity index (χ2n) is 17.4. The Morgan fingerprint density at radius 1 is 0.591 bits per heavy atom. The Morgan fingerprint density at radius 3 is 2.11 bits per heavy atom. The molecule has 11 rings (SSSR count). The van der Waals surface area contributed by atoms with Gasteiger partial charge in [-0.3, -0.25) is 4.98 Å². The quantitative estimate of drug-likeness (QED) is 0.135. The van der Waals surface area contributed by atoms with Crippen LogP contribution in [0.2, 0.25) is 0 Å². The van der Waals surface area contributed by atoms with Crippen molar-refractivity contribution < 1.29 is 30.2 Å². The van der Waals surface area contributed by atoms with Gasteiger partial charge < -0.3 is 19.1 Å². The molecule has 0 saturated heterocycles. The normalized spacial score (nSPS) is 12.4. The van der Waals surface area contributed by atoms with Crippen LogP contribution in [0.25, 0.3) is 60.8 Å². The molecule has 328 valence electrons. The monoisotopic (exact) mass is 1040 g/mol. The third-order valence-electron chi connectivity index (χ3n) is 12.4. The van der Waals surface area contributed by atoms with Gasteiger partial charge in [-0.1, -0.05) is 87.8 Å². The van der Waals surface area contributed by atoms with Crippen LogP contribution in [-0.2, 0) is 21.1 Å². The minimum Gasteiger partial charge on any atom is -0.509 e. The predicted molar refractivity (Wildman–Crippen MR) is 263 cm³/mol. The van der Waals surface area contributed by atoms with E-state index in [4.69, 9.17) is 9.72 Å². The zero-order chi connectivity index (χ0) is 44.3. The summed E-state index contributed by atoms with van der Waals surface area (Å²) >= 11 is 0. The van der Waals surface area contributed by atoms with E-state index in [2.05, 4.69) is 170 Å². The summed E-state index contributed by atoms with van der Waals surface area (Å²) < 4.78 is 23.1. The Kier molecular flexibility index (Phi) is 11.3. The first-order chi connectivity index (χ1) is 31.7. The largest absolute Gasteiger partial charge is 0.509 e. The molecule has 1 aliphatic heterocycles. The van der Waals surface area contributed by atoms with E-state index in [1.807, 2.05) is 54.9 Å². The van der Waals surface area contributed by atoms with Crippen LogP contribution in [-0.4, -0.2) is 14.5 Å². The van der Waals surface area contributed by atoms with Crippen molar-refractivity contribution in [2.24, 2.45) is 0 Å². The Hall–Kier alpha value is -7.08. The number of hydrogen-bond donors (Lipinski definition) is 0. The summed E-state index contributed by atoms with van der Waals surface area (Å²) in [4.78, 5) is 13.9. The summed E-state index contributed by atoms with van der Waals surface area (Å²) in [5, 5.41) is 3.23. The number of nitrogens with zero attached hydrogens (tertiary/aromatic N) is 5. The van der Waals surface area contributed by atoms with Gasteiger partial charge in [-0.15, -0.1) is 53.6 Å². The molecule has 0 saturated carbocycles. The van der Waals surface area contributed by atoms with Gasteiger partial charge in [0.05, 0.1) is 5.52 Å². The molecule has 0 unspecified atom stereocenters. The summed E-state index contributed by atoms with van der Waals surface area (Å²) in [5.74, 6) is 2.07. The van der Waals surface area contributed by atoms with E-state index in [1.165, 1.54) is 23.3 Å². The Balaban J connectivity index is 0.00000511. The fraction of sp³-hybridized carbons (Fsp3) is 0.121. The maximum atomic E-state index is 14.1. The standard InChI is InChI=1S/C58H45FN5O.Pt/c1-36(2)50-31-43(39-16-19-44(59)20-17-39)32-51(37(3)4)58(50)63-35-62(54-24-15-38(5)27-56(54)63)45-29-42(40-18-23-52-41(28-40)11-10-26-60-52)30-47(33-45)65-46-21-22-49-48-12-6-7-13-53(48)64(55(49)34-46)57-14-8-9-25-61-57;/h6-32,35-37H,1-5H3;/q-3;. The van der Waals surface area contributed by atoms with E-state index in [9.17, 15) is 4.39 Å². The predicted octanol–water partition coefficient (Wildman–Crippen LogP) is 15.6. The van der Waals surface area contributed by atoms with E-state index in [0.29, 0.717) is 11.5 Å². The van der Waals surface area contributed by atoms with E-state index < -0.39 is 0 Å². The topological polar surface area (TPSA) is 46.4 Å². The Labute approximate surface area is 399 Å². The van der Waals surface area contributed by atoms with Crippen LogP contribution >= 0.6 is 0 Å². The molecule has 0 bridgehead atoms. The molecule has 7 aromatic carbocycles. The van der Waals surface area contributed by atoms with Gasteiger partial charge >= 0.3 is 0 Å². The van der Waals surface area contributed by atoms with Gasteiger partial charge in [-0.05, 0) is 130 Å². The van der Waals surface area contributed by atoms with Crippen molar-refractivity contribution in [2.45, 2.75) is 46.5 Å². The number of fused-ring (bicyclic) bond motifs is 5. The van der Waals surface area contributed by atoms with Crippen molar-refractivity contribution in [2.75, 3.05) is 9.80 Å². The molecule has 0 fully saturated rings. The number of anilines is 4. The third kappa shape index (κ3) is 7.71. The van der Waals surface area contributed by atoms with Crippen LogP contribution in [0.5, 0.6) is 11.5 Å². The van der Waals surface area contributed by atoms with Gasteiger partial charge in [0, 0.05) is 72.9 Å². The van der Waals surface area contributed by atoms with Crippen LogP contribution in [0.15, 0.2) is 164 Å². The number of aromatic nitrogens is 3. The summed E-state index contributed by atoms with van der Waals surface area (Å²) in [6.45, 7) is 13.3. The summed E-state index contributed by atoms with van der Waals surface area (Å²) in [7, 11) is 0. The average Bonchev–Trinajstić information content (AvgIpc) is 3.86. The van der Waals surface area contributed by atoms with Crippen LogP contribution in [0, 0.1) is 31.5 Å². The van der Waals surface area contributed by atoms with E-state index in [-0.39, 0.29) is 38.7 Å². The van der Waals surface area contributed by atoms with Gasteiger partial charge in [0.1, 0.15) is 11.6 Å². The molecular formula is C58H45FN5OPt-3. The van der Waals surface area contributed by atoms with Crippen molar-refractivity contribution in [1.82, 2.24) is 14.5 Å². The zero-order valence-electron chi connectivity index (χ0n) is 37.2. The van der Waals surface area contributed by atoms with Crippen molar-refractivity contribution >= 4 is 55.5 Å². The number of halogens is 1. The Morgan fingerprint density at radius 2 is 1.33 bits per heavy atom. The average molecular weight is 1040 g/mol. The van der Waals surface area contributed by atoms with E-state index in [0.717, 1.165) is 89.1 Å². The van der Waals surface area contributed by atoms with E-state index in [1.54, 1.807) is 0 Å². The fourth-order valence-corrected chi connectivity index (χ4v) is 9.20. The van der Waals surface area contributed by atoms with Crippen molar-refractivity contribution in [3.8, 4) is 39.6 Å². The molecule has 1 aliphatic rings. The van der Waals surface area contributed by atoms with Crippen LogP contribution < -0.4 is 14.5 Å². The number of benzene rings is 7. The van der Waals surface area contributed by atoms with Gasteiger partial charge in [0.15, 0.2) is 0 Å². The minimum atomic E-state index is -0.243. The number of ether oxygens (including phenoxy) is 1. The molecule has 8 heteroatoms. The first-order valence-corrected chi connectivity index (χ1v) is 22.1. The SMILES string of the molecule is Cc1ccc2c(c1)N(c1c(C(C)C)cc(-c3ccc(F)cc3)cc1C(C)C)[CH-]N2c1[c-]c(Oc2[c-]c3c(cc2)c2ccccc2n3-c2ccccn2)cc(-c2ccc3ncccc3c2)c1.[Pt]. The van der Waals surface area contributed by atoms with Crippen LogP contribution in [0.1, 0.15) is 56.2 Å². The van der Waals surface area contributed by atoms with Crippen LogP contribution in [0.3, 0.4) is 0 Å².